The Kier molecular flexibility index (Phi) is 5.84. The van der Waals surface area contributed by atoms with Gasteiger partial charge in [-0.25, -0.2) is 4.79 Å². The predicted octanol–water partition coefficient (Wildman–Crippen LogP) is 4.42. The molecule has 22 heavy (non-hydrogen) atoms. The van der Waals surface area contributed by atoms with E-state index >= 15 is 0 Å². The third kappa shape index (κ3) is 5.59. The van der Waals surface area contributed by atoms with E-state index in [0.29, 0.717) is 5.92 Å². The number of carbonyl (C=O) groups excluding carboxylic acids is 1. The van der Waals surface area contributed by atoms with Crippen molar-refractivity contribution in [1.29, 1.82) is 0 Å². The van der Waals surface area contributed by atoms with Gasteiger partial charge in [0.25, 0.3) is 0 Å². The van der Waals surface area contributed by atoms with Crippen LogP contribution in [0.2, 0.25) is 0 Å². The van der Waals surface area contributed by atoms with Crippen LogP contribution in [0, 0.1) is 5.92 Å². The number of ether oxygens (including phenoxy) is 1. The average Bonchev–Trinajstić information content (AvgIpc) is 2.44. The lowest BCUT2D eigenvalue weighted by atomic mass is 9.91. The number of amides is 1. The van der Waals surface area contributed by atoms with Gasteiger partial charge >= 0.3 is 6.09 Å². The maximum atomic E-state index is 12.0. The predicted molar refractivity (Wildman–Crippen MR) is 90.8 cm³/mol. The fraction of sp³-hybridized carbons (Fsp3) is 0.647. The second kappa shape index (κ2) is 7.44. The quantitative estimate of drug-likeness (QED) is 0.792. The lowest BCUT2D eigenvalue weighted by molar-refractivity contribution is 0.0181. The molecule has 0 saturated carbocycles. The van der Waals surface area contributed by atoms with Crippen molar-refractivity contribution in [2.75, 3.05) is 13.1 Å². The highest BCUT2D eigenvalue weighted by atomic mass is 79.9. The van der Waals surface area contributed by atoms with Crippen LogP contribution in [-0.2, 0) is 11.2 Å². The molecule has 0 atom stereocenters. The van der Waals surface area contributed by atoms with Gasteiger partial charge in [-0.3, -0.25) is 4.98 Å². The molecular formula is C17H25BrN2O2. The highest BCUT2D eigenvalue weighted by Crippen LogP contribution is 2.24. The molecule has 1 aromatic heterocycles. The molecular weight excluding hydrogens is 344 g/mol. The van der Waals surface area contributed by atoms with Crippen LogP contribution < -0.4 is 0 Å². The first-order valence-corrected chi connectivity index (χ1v) is 8.70. The molecule has 1 aliphatic heterocycles. The summed E-state index contributed by atoms with van der Waals surface area (Å²) in [6, 6.07) is 2.13. The van der Waals surface area contributed by atoms with Gasteiger partial charge in [0.2, 0.25) is 0 Å². The summed E-state index contributed by atoms with van der Waals surface area (Å²) in [7, 11) is 0. The Hall–Kier alpha value is -1.10. The highest BCUT2D eigenvalue weighted by Gasteiger charge is 2.26. The molecule has 0 radical (unpaired) electrons. The van der Waals surface area contributed by atoms with Crippen molar-refractivity contribution < 1.29 is 9.53 Å². The van der Waals surface area contributed by atoms with Crippen LogP contribution in [0.15, 0.2) is 22.9 Å². The lowest BCUT2D eigenvalue weighted by Gasteiger charge is -2.33. The second-order valence-corrected chi connectivity index (χ2v) is 7.88. The molecule has 2 heterocycles. The Balaban J connectivity index is 1.74. The van der Waals surface area contributed by atoms with Crippen molar-refractivity contribution in [3.8, 4) is 0 Å². The number of nitrogens with zero attached hydrogens (tertiary/aromatic N) is 2. The van der Waals surface area contributed by atoms with Crippen LogP contribution in [-0.4, -0.2) is 34.7 Å². The zero-order chi connectivity index (χ0) is 16.2. The molecule has 4 nitrogen and oxygen atoms in total. The van der Waals surface area contributed by atoms with Gasteiger partial charge in [-0.1, -0.05) is 0 Å². The number of aryl methyl sites for hydroxylation is 1. The number of pyridine rings is 1. The zero-order valence-electron chi connectivity index (χ0n) is 13.6. The van der Waals surface area contributed by atoms with Crippen LogP contribution in [0.4, 0.5) is 4.79 Å². The highest BCUT2D eigenvalue weighted by molar-refractivity contribution is 9.10. The summed E-state index contributed by atoms with van der Waals surface area (Å²) >= 11 is 3.46. The maximum absolute atomic E-state index is 12.0. The van der Waals surface area contributed by atoms with Crippen molar-refractivity contribution in [1.82, 2.24) is 9.88 Å². The van der Waals surface area contributed by atoms with Gasteiger partial charge in [-0.15, -0.1) is 0 Å². The summed E-state index contributed by atoms with van der Waals surface area (Å²) in [5.74, 6) is 0.678. The number of carbonyl (C=O) groups is 1. The summed E-state index contributed by atoms with van der Waals surface area (Å²) in [6.07, 6.45) is 7.87. The van der Waals surface area contributed by atoms with E-state index in [0.717, 1.165) is 43.2 Å². The van der Waals surface area contributed by atoms with Crippen molar-refractivity contribution in [2.45, 2.75) is 52.1 Å². The van der Waals surface area contributed by atoms with Gasteiger partial charge in [-0.05, 0) is 79.9 Å². The van der Waals surface area contributed by atoms with Gasteiger partial charge in [0, 0.05) is 30.0 Å². The summed E-state index contributed by atoms with van der Waals surface area (Å²) in [5, 5.41) is 0. The molecule has 0 N–H and O–H groups in total. The molecule has 122 valence electrons. The largest absolute Gasteiger partial charge is 0.444 e. The van der Waals surface area contributed by atoms with E-state index in [1.54, 1.807) is 0 Å². The van der Waals surface area contributed by atoms with Crippen molar-refractivity contribution in [2.24, 2.45) is 5.92 Å². The molecule has 0 bridgehead atoms. The molecule has 2 rings (SSSR count). The Morgan fingerprint density at radius 2 is 2.05 bits per heavy atom. The van der Waals surface area contributed by atoms with E-state index in [9.17, 15) is 4.79 Å². The van der Waals surface area contributed by atoms with Crippen LogP contribution in [0.5, 0.6) is 0 Å². The fourth-order valence-corrected chi connectivity index (χ4v) is 3.11. The molecule has 1 aromatic rings. The number of aromatic nitrogens is 1. The van der Waals surface area contributed by atoms with Gasteiger partial charge in [0.1, 0.15) is 5.60 Å². The number of rotatable bonds is 3. The van der Waals surface area contributed by atoms with Gasteiger partial charge in [0.15, 0.2) is 0 Å². The minimum atomic E-state index is -0.415. The molecule has 0 aromatic carbocycles. The molecule has 1 fully saturated rings. The van der Waals surface area contributed by atoms with E-state index in [4.69, 9.17) is 4.74 Å². The second-order valence-electron chi connectivity index (χ2n) is 6.96. The fourth-order valence-electron chi connectivity index (χ4n) is 2.69. The minimum absolute atomic E-state index is 0.179. The Morgan fingerprint density at radius 3 is 2.64 bits per heavy atom. The number of halogens is 1. The topological polar surface area (TPSA) is 42.4 Å². The Labute approximate surface area is 141 Å². The Morgan fingerprint density at radius 1 is 1.36 bits per heavy atom. The van der Waals surface area contributed by atoms with Crippen LogP contribution in [0.25, 0.3) is 0 Å². The number of likely N-dealkylation sites (tertiary alicyclic amines) is 1. The molecule has 0 unspecified atom stereocenters. The van der Waals surface area contributed by atoms with E-state index in [1.807, 2.05) is 38.1 Å². The van der Waals surface area contributed by atoms with E-state index < -0.39 is 5.60 Å². The maximum Gasteiger partial charge on any atom is 0.410 e. The van der Waals surface area contributed by atoms with Crippen LogP contribution in [0.1, 0.15) is 45.6 Å². The molecule has 1 saturated heterocycles. The number of hydrogen-bond acceptors (Lipinski definition) is 3. The van der Waals surface area contributed by atoms with Crippen LogP contribution in [0.3, 0.4) is 0 Å². The molecule has 1 aliphatic rings. The van der Waals surface area contributed by atoms with E-state index in [2.05, 4.69) is 27.0 Å². The van der Waals surface area contributed by atoms with E-state index in [1.165, 1.54) is 5.56 Å². The number of hydrogen-bond donors (Lipinski definition) is 0. The van der Waals surface area contributed by atoms with Gasteiger partial charge in [-0.2, -0.15) is 0 Å². The van der Waals surface area contributed by atoms with Crippen molar-refractivity contribution in [3.05, 3.63) is 28.5 Å². The third-order valence-electron chi connectivity index (χ3n) is 3.87. The van der Waals surface area contributed by atoms with Crippen molar-refractivity contribution in [3.63, 3.8) is 0 Å². The first kappa shape index (κ1) is 17.3. The summed E-state index contributed by atoms with van der Waals surface area (Å²) in [5.41, 5.74) is 0.852. The van der Waals surface area contributed by atoms with Crippen molar-refractivity contribution >= 4 is 22.0 Å². The monoisotopic (exact) mass is 368 g/mol. The van der Waals surface area contributed by atoms with Gasteiger partial charge in [0.05, 0.1) is 0 Å². The van der Waals surface area contributed by atoms with Crippen LogP contribution >= 0.6 is 15.9 Å². The Bertz CT molecular complexity index is 506. The van der Waals surface area contributed by atoms with Gasteiger partial charge < -0.3 is 9.64 Å². The molecule has 0 spiro atoms. The third-order valence-corrected chi connectivity index (χ3v) is 4.30. The normalized spacial score (nSPS) is 16.6. The number of piperidine rings is 1. The SMILES string of the molecule is CC(C)(C)OC(=O)N1CCC(CCc2cncc(Br)c2)CC1. The molecule has 5 heteroatoms. The summed E-state index contributed by atoms with van der Waals surface area (Å²) in [4.78, 5) is 18.1. The average molecular weight is 369 g/mol. The standard InChI is InChI=1S/C17H25BrN2O2/c1-17(2,3)22-16(21)20-8-6-13(7-9-20)4-5-14-10-15(18)12-19-11-14/h10-13H,4-9H2,1-3H3. The summed E-state index contributed by atoms with van der Waals surface area (Å²) in [6.45, 7) is 7.32. The summed E-state index contributed by atoms with van der Waals surface area (Å²) < 4.78 is 6.46. The first-order valence-electron chi connectivity index (χ1n) is 7.91. The first-order chi connectivity index (χ1) is 10.3. The zero-order valence-corrected chi connectivity index (χ0v) is 15.2. The molecule has 0 aliphatic carbocycles. The smallest absolute Gasteiger partial charge is 0.410 e. The van der Waals surface area contributed by atoms with E-state index in [-0.39, 0.29) is 6.09 Å². The molecule has 1 amide bonds. The minimum Gasteiger partial charge on any atom is -0.444 e. The lowest BCUT2D eigenvalue weighted by Crippen LogP contribution is -2.41.